The number of hydrogen-bond donors (Lipinski definition) is 1. The molecule has 1 aliphatic rings. The van der Waals surface area contributed by atoms with E-state index in [1.54, 1.807) is 49.5 Å². The third-order valence-corrected chi connectivity index (χ3v) is 3.37. The molecular weight excluding hydrogens is 310 g/mol. The molecule has 0 atom stereocenters. The van der Waals surface area contributed by atoms with Gasteiger partial charge in [0.25, 0.3) is 5.91 Å². The van der Waals surface area contributed by atoms with Crippen molar-refractivity contribution in [1.82, 2.24) is 5.32 Å². The Labute approximate surface area is 138 Å². The van der Waals surface area contributed by atoms with Crippen LogP contribution in [0.5, 0.6) is 17.2 Å². The molecule has 0 aliphatic carbocycles. The predicted octanol–water partition coefficient (Wildman–Crippen LogP) is 2.39. The summed E-state index contributed by atoms with van der Waals surface area (Å²) in [7, 11) is 1.55. The summed E-state index contributed by atoms with van der Waals surface area (Å²) in [4.78, 5) is 23.3. The number of rotatable bonds is 4. The molecule has 6 nitrogen and oxygen atoms in total. The predicted molar refractivity (Wildman–Crippen MR) is 87.1 cm³/mol. The molecule has 0 saturated carbocycles. The highest BCUT2D eigenvalue weighted by Crippen LogP contribution is 2.32. The molecule has 1 aliphatic heterocycles. The zero-order valence-corrected chi connectivity index (χ0v) is 12.9. The summed E-state index contributed by atoms with van der Waals surface area (Å²) in [5.74, 6) is 0.986. The fourth-order valence-electron chi connectivity index (χ4n) is 2.15. The van der Waals surface area contributed by atoms with Gasteiger partial charge in [0, 0.05) is 18.7 Å². The standard InChI is InChI=1S/C18H15NO5/c1-19-18(21)13-4-6-14(7-5-13)24-17(20)9-3-12-2-8-15-16(10-12)23-11-22-15/h2-10H,11H2,1H3,(H,19,21)/b9-3+. The third-order valence-electron chi connectivity index (χ3n) is 3.37. The maximum atomic E-state index is 11.9. The largest absolute Gasteiger partial charge is 0.454 e. The van der Waals surface area contributed by atoms with Gasteiger partial charge < -0.3 is 19.5 Å². The van der Waals surface area contributed by atoms with Crippen LogP contribution in [0, 0.1) is 0 Å². The molecule has 1 heterocycles. The third kappa shape index (κ3) is 3.55. The van der Waals surface area contributed by atoms with E-state index in [2.05, 4.69) is 5.32 Å². The van der Waals surface area contributed by atoms with Crippen LogP contribution in [0.25, 0.3) is 6.08 Å². The van der Waals surface area contributed by atoms with Gasteiger partial charge >= 0.3 is 5.97 Å². The quantitative estimate of drug-likeness (QED) is 0.531. The van der Waals surface area contributed by atoms with Crippen molar-refractivity contribution in [3.05, 3.63) is 59.7 Å². The first kappa shape index (κ1) is 15.6. The number of hydrogen-bond acceptors (Lipinski definition) is 5. The highest BCUT2D eigenvalue weighted by atomic mass is 16.7. The molecular formula is C18H15NO5. The Kier molecular flexibility index (Phi) is 4.47. The van der Waals surface area contributed by atoms with Crippen molar-refractivity contribution in [1.29, 1.82) is 0 Å². The number of nitrogens with one attached hydrogen (secondary N) is 1. The SMILES string of the molecule is CNC(=O)c1ccc(OC(=O)/C=C/c2ccc3c(c2)OCO3)cc1. The molecule has 2 aromatic carbocycles. The Balaban J connectivity index is 1.62. The van der Waals surface area contributed by atoms with Crippen LogP contribution in [0.15, 0.2) is 48.5 Å². The molecule has 0 saturated heterocycles. The maximum Gasteiger partial charge on any atom is 0.336 e. The van der Waals surface area contributed by atoms with Gasteiger partial charge in [0.1, 0.15) is 5.75 Å². The lowest BCUT2D eigenvalue weighted by molar-refractivity contribution is -0.128. The number of carbonyl (C=O) groups excluding carboxylic acids is 2. The molecule has 0 fully saturated rings. The van der Waals surface area contributed by atoms with E-state index < -0.39 is 5.97 Å². The first-order valence-corrected chi connectivity index (χ1v) is 7.27. The van der Waals surface area contributed by atoms with Gasteiger partial charge in [-0.25, -0.2) is 4.79 Å². The van der Waals surface area contributed by atoms with Crippen LogP contribution in [-0.4, -0.2) is 25.7 Å². The molecule has 2 aromatic rings. The average molecular weight is 325 g/mol. The van der Waals surface area contributed by atoms with Crippen molar-refractivity contribution in [2.24, 2.45) is 0 Å². The molecule has 0 spiro atoms. The van der Waals surface area contributed by atoms with Crippen LogP contribution in [0.3, 0.4) is 0 Å². The van der Waals surface area contributed by atoms with Gasteiger partial charge in [-0.1, -0.05) is 6.07 Å². The zero-order valence-electron chi connectivity index (χ0n) is 12.9. The molecule has 3 rings (SSSR count). The maximum absolute atomic E-state index is 11.9. The Morgan fingerprint density at radius 1 is 1.08 bits per heavy atom. The number of esters is 1. The van der Waals surface area contributed by atoms with Crippen molar-refractivity contribution in [2.45, 2.75) is 0 Å². The molecule has 0 aromatic heterocycles. The van der Waals surface area contributed by atoms with Crippen molar-refractivity contribution in [3.63, 3.8) is 0 Å². The average Bonchev–Trinajstić information content (AvgIpc) is 3.07. The van der Waals surface area contributed by atoms with Crippen LogP contribution in [-0.2, 0) is 4.79 Å². The lowest BCUT2D eigenvalue weighted by atomic mass is 10.2. The number of fused-ring (bicyclic) bond motifs is 1. The first-order chi connectivity index (χ1) is 11.7. The smallest absolute Gasteiger partial charge is 0.336 e. The molecule has 0 unspecified atom stereocenters. The number of carbonyl (C=O) groups is 2. The van der Waals surface area contributed by atoms with Crippen LogP contribution in [0.4, 0.5) is 0 Å². The van der Waals surface area contributed by atoms with Crippen LogP contribution in [0.2, 0.25) is 0 Å². The van der Waals surface area contributed by atoms with Gasteiger partial charge in [0.15, 0.2) is 11.5 Å². The minimum absolute atomic E-state index is 0.199. The minimum atomic E-state index is -0.514. The second-order valence-corrected chi connectivity index (χ2v) is 4.97. The molecule has 0 radical (unpaired) electrons. The lowest BCUT2D eigenvalue weighted by Crippen LogP contribution is -2.17. The Morgan fingerprint density at radius 2 is 1.83 bits per heavy atom. The van der Waals surface area contributed by atoms with Crippen molar-refractivity contribution >= 4 is 18.0 Å². The summed E-state index contributed by atoms with van der Waals surface area (Å²) in [5, 5.41) is 2.52. The Hall–Kier alpha value is -3.28. The molecule has 122 valence electrons. The zero-order chi connectivity index (χ0) is 16.9. The molecule has 1 N–H and O–H groups in total. The van der Waals surface area contributed by atoms with E-state index in [-0.39, 0.29) is 12.7 Å². The normalized spacial score (nSPS) is 12.2. The summed E-state index contributed by atoms with van der Waals surface area (Å²) in [6.07, 6.45) is 2.95. The van der Waals surface area contributed by atoms with Crippen LogP contribution < -0.4 is 19.5 Å². The number of benzene rings is 2. The van der Waals surface area contributed by atoms with Crippen molar-refractivity contribution in [2.75, 3.05) is 13.8 Å². The molecule has 0 bridgehead atoms. The molecule has 1 amide bonds. The van der Waals surface area contributed by atoms with Crippen LogP contribution in [0.1, 0.15) is 15.9 Å². The highest BCUT2D eigenvalue weighted by molar-refractivity contribution is 5.94. The monoisotopic (exact) mass is 325 g/mol. The summed E-state index contributed by atoms with van der Waals surface area (Å²) >= 11 is 0. The van der Waals surface area contributed by atoms with E-state index in [1.165, 1.54) is 6.08 Å². The van der Waals surface area contributed by atoms with E-state index in [0.29, 0.717) is 22.8 Å². The number of amides is 1. The van der Waals surface area contributed by atoms with Gasteiger partial charge in [-0.05, 0) is 48.0 Å². The Bertz CT molecular complexity index is 796. The summed E-state index contributed by atoms with van der Waals surface area (Å²) < 4.78 is 15.7. The van der Waals surface area contributed by atoms with Gasteiger partial charge in [0.05, 0.1) is 0 Å². The first-order valence-electron chi connectivity index (χ1n) is 7.27. The van der Waals surface area contributed by atoms with E-state index in [4.69, 9.17) is 14.2 Å². The van der Waals surface area contributed by atoms with Crippen molar-refractivity contribution in [3.8, 4) is 17.2 Å². The van der Waals surface area contributed by atoms with Gasteiger partial charge in [-0.2, -0.15) is 0 Å². The van der Waals surface area contributed by atoms with Gasteiger partial charge in [-0.15, -0.1) is 0 Å². The molecule has 6 heteroatoms. The fraction of sp³-hybridized carbons (Fsp3) is 0.111. The molecule has 24 heavy (non-hydrogen) atoms. The second kappa shape index (κ2) is 6.87. The topological polar surface area (TPSA) is 73.9 Å². The summed E-state index contributed by atoms with van der Waals surface area (Å²) in [6.45, 7) is 0.205. The number of ether oxygens (including phenoxy) is 3. The summed E-state index contributed by atoms with van der Waals surface area (Å²) in [6, 6.07) is 11.7. The lowest BCUT2D eigenvalue weighted by Gasteiger charge is -2.03. The van der Waals surface area contributed by atoms with Gasteiger partial charge in [0.2, 0.25) is 6.79 Å². The fourth-order valence-corrected chi connectivity index (χ4v) is 2.15. The summed E-state index contributed by atoms with van der Waals surface area (Å²) in [5.41, 5.74) is 1.29. The highest BCUT2D eigenvalue weighted by Gasteiger charge is 2.12. The van der Waals surface area contributed by atoms with Crippen molar-refractivity contribution < 1.29 is 23.8 Å². The second-order valence-electron chi connectivity index (χ2n) is 4.97. The van der Waals surface area contributed by atoms with E-state index >= 15 is 0 Å². The van der Waals surface area contributed by atoms with E-state index in [0.717, 1.165) is 5.56 Å². The van der Waals surface area contributed by atoms with Crippen LogP contribution >= 0.6 is 0 Å². The Morgan fingerprint density at radius 3 is 2.58 bits per heavy atom. The van der Waals surface area contributed by atoms with E-state index in [1.807, 2.05) is 6.07 Å². The minimum Gasteiger partial charge on any atom is -0.454 e. The van der Waals surface area contributed by atoms with Gasteiger partial charge in [-0.3, -0.25) is 4.79 Å². The van der Waals surface area contributed by atoms with E-state index in [9.17, 15) is 9.59 Å².